The summed E-state index contributed by atoms with van der Waals surface area (Å²) in [5, 5.41) is 2.92. The molecule has 1 amide bonds. The van der Waals surface area contributed by atoms with Crippen LogP contribution >= 0.6 is 0 Å². The summed E-state index contributed by atoms with van der Waals surface area (Å²) in [5.74, 6) is -0.215. The van der Waals surface area contributed by atoms with Crippen LogP contribution in [0.2, 0.25) is 0 Å². The molecule has 7 nitrogen and oxygen atoms in total. The first-order chi connectivity index (χ1) is 15.9. The van der Waals surface area contributed by atoms with Gasteiger partial charge in [-0.2, -0.15) is 0 Å². The molecule has 2 N–H and O–H groups in total. The summed E-state index contributed by atoms with van der Waals surface area (Å²) in [6.07, 6.45) is 0. The van der Waals surface area contributed by atoms with E-state index in [1.54, 1.807) is 43.3 Å². The summed E-state index contributed by atoms with van der Waals surface area (Å²) >= 11 is 0. The Hall–Kier alpha value is -3.36. The largest absolute Gasteiger partial charge is 0.378 e. The van der Waals surface area contributed by atoms with E-state index in [2.05, 4.69) is 27.1 Å². The number of carbonyl (C=O) groups excluding carboxylic acids is 1. The van der Waals surface area contributed by atoms with Crippen molar-refractivity contribution >= 4 is 27.3 Å². The predicted octanol–water partition coefficient (Wildman–Crippen LogP) is 3.56. The van der Waals surface area contributed by atoms with Crippen molar-refractivity contribution in [3.8, 4) is 0 Å². The molecule has 1 saturated heterocycles. The number of hydrogen-bond acceptors (Lipinski definition) is 5. The van der Waals surface area contributed by atoms with Gasteiger partial charge < -0.3 is 15.0 Å². The maximum Gasteiger partial charge on any atom is 0.261 e. The number of nitrogens with zero attached hydrogens (tertiary/aromatic N) is 1. The van der Waals surface area contributed by atoms with Crippen molar-refractivity contribution in [2.75, 3.05) is 35.9 Å². The third kappa shape index (κ3) is 5.71. The topological polar surface area (TPSA) is 87.7 Å². The molecule has 172 valence electrons. The van der Waals surface area contributed by atoms with Gasteiger partial charge in [0.2, 0.25) is 0 Å². The molecule has 1 aliphatic heterocycles. The van der Waals surface area contributed by atoms with Crippen molar-refractivity contribution in [1.82, 2.24) is 5.32 Å². The predicted molar refractivity (Wildman–Crippen MR) is 129 cm³/mol. The molecule has 0 spiro atoms. The SMILES string of the molecule is Cc1cc(C(=O)NCc2ccc(N3CCOCC3)cc2)ccc1NS(=O)(=O)c1ccccc1. The number of hydrogen-bond donors (Lipinski definition) is 2. The first-order valence-electron chi connectivity index (χ1n) is 10.8. The third-order valence-electron chi connectivity index (χ3n) is 5.55. The molecule has 0 bridgehead atoms. The van der Waals surface area contributed by atoms with Gasteiger partial charge in [0.05, 0.1) is 23.8 Å². The van der Waals surface area contributed by atoms with Crippen LogP contribution in [0.5, 0.6) is 0 Å². The van der Waals surface area contributed by atoms with Crippen molar-refractivity contribution in [3.05, 3.63) is 89.5 Å². The van der Waals surface area contributed by atoms with Crippen LogP contribution in [-0.4, -0.2) is 40.6 Å². The lowest BCUT2D eigenvalue weighted by molar-refractivity contribution is 0.0951. The molecule has 0 aromatic heterocycles. The molecule has 8 heteroatoms. The lowest BCUT2D eigenvalue weighted by Crippen LogP contribution is -2.36. The van der Waals surface area contributed by atoms with Gasteiger partial charge in [0.1, 0.15) is 0 Å². The molecule has 0 unspecified atom stereocenters. The van der Waals surface area contributed by atoms with E-state index >= 15 is 0 Å². The van der Waals surface area contributed by atoms with E-state index < -0.39 is 10.0 Å². The minimum Gasteiger partial charge on any atom is -0.378 e. The number of nitrogens with one attached hydrogen (secondary N) is 2. The third-order valence-corrected chi connectivity index (χ3v) is 6.93. The fourth-order valence-corrected chi connectivity index (χ4v) is 4.81. The highest BCUT2D eigenvalue weighted by Gasteiger charge is 2.16. The highest BCUT2D eigenvalue weighted by molar-refractivity contribution is 7.92. The average Bonchev–Trinajstić information content (AvgIpc) is 2.85. The quantitative estimate of drug-likeness (QED) is 0.557. The van der Waals surface area contributed by atoms with Gasteiger partial charge in [-0.25, -0.2) is 8.42 Å². The van der Waals surface area contributed by atoms with Crippen LogP contribution in [0.15, 0.2) is 77.7 Å². The summed E-state index contributed by atoms with van der Waals surface area (Å²) in [5.41, 5.74) is 3.73. The Morgan fingerprint density at radius 2 is 1.67 bits per heavy atom. The van der Waals surface area contributed by atoms with Crippen LogP contribution < -0.4 is 14.9 Å². The molecule has 4 rings (SSSR count). The second-order valence-electron chi connectivity index (χ2n) is 7.90. The van der Waals surface area contributed by atoms with Gasteiger partial charge in [-0.05, 0) is 60.5 Å². The van der Waals surface area contributed by atoms with Crippen molar-refractivity contribution in [2.45, 2.75) is 18.4 Å². The normalized spacial score (nSPS) is 14.0. The minimum atomic E-state index is -3.69. The lowest BCUT2D eigenvalue weighted by Gasteiger charge is -2.28. The number of morpholine rings is 1. The second kappa shape index (κ2) is 10.1. The smallest absolute Gasteiger partial charge is 0.261 e. The number of benzene rings is 3. The average molecular weight is 466 g/mol. The van der Waals surface area contributed by atoms with Crippen molar-refractivity contribution < 1.29 is 17.9 Å². The first kappa shape index (κ1) is 22.8. The Labute approximate surface area is 194 Å². The Bertz CT molecular complexity index is 1210. The molecular weight excluding hydrogens is 438 g/mol. The molecule has 1 fully saturated rings. The molecule has 3 aromatic carbocycles. The first-order valence-corrected chi connectivity index (χ1v) is 12.3. The maximum atomic E-state index is 12.6. The molecule has 0 radical (unpaired) electrons. The van der Waals surface area contributed by atoms with Crippen LogP contribution in [0.3, 0.4) is 0 Å². The van der Waals surface area contributed by atoms with Gasteiger partial charge in [-0.15, -0.1) is 0 Å². The van der Waals surface area contributed by atoms with Crippen LogP contribution in [0.1, 0.15) is 21.5 Å². The fourth-order valence-electron chi connectivity index (χ4n) is 3.65. The molecule has 0 saturated carbocycles. The molecule has 0 atom stereocenters. The van der Waals surface area contributed by atoms with E-state index in [1.807, 2.05) is 12.1 Å². The zero-order valence-corrected chi connectivity index (χ0v) is 19.3. The second-order valence-corrected chi connectivity index (χ2v) is 9.58. The zero-order chi connectivity index (χ0) is 23.3. The fraction of sp³-hybridized carbons (Fsp3) is 0.240. The highest BCUT2D eigenvalue weighted by atomic mass is 32.2. The van der Waals surface area contributed by atoms with Crippen LogP contribution in [0.4, 0.5) is 11.4 Å². The summed E-state index contributed by atoms with van der Waals surface area (Å²) in [4.78, 5) is 15.1. The minimum absolute atomic E-state index is 0.186. The Morgan fingerprint density at radius 1 is 0.970 bits per heavy atom. The van der Waals surface area contributed by atoms with Crippen molar-refractivity contribution in [3.63, 3.8) is 0 Å². The lowest BCUT2D eigenvalue weighted by atomic mass is 10.1. The van der Waals surface area contributed by atoms with E-state index in [9.17, 15) is 13.2 Å². The van der Waals surface area contributed by atoms with E-state index in [4.69, 9.17) is 4.74 Å². The molecule has 1 aliphatic rings. The molecule has 3 aromatic rings. The van der Waals surface area contributed by atoms with Gasteiger partial charge in [-0.1, -0.05) is 30.3 Å². The van der Waals surface area contributed by atoms with E-state index in [1.165, 1.54) is 12.1 Å². The molecule has 1 heterocycles. The monoisotopic (exact) mass is 465 g/mol. The number of aryl methyl sites for hydroxylation is 1. The van der Waals surface area contributed by atoms with E-state index in [-0.39, 0.29) is 10.8 Å². The Morgan fingerprint density at radius 3 is 2.33 bits per heavy atom. The van der Waals surface area contributed by atoms with Crippen molar-refractivity contribution in [1.29, 1.82) is 0 Å². The summed E-state index contributed by atoms with van der Waals surface area (Å²) in [7, 11) is -3.69. The zero-order valence-electron chi connectivity index (χ0n) is 18.5. The Balaban J connectivity index is 1.36. The highest BCUT2D eigenvalue weighted by Crippen LogP contribution is 2.21. The number of anilines is 2. The van der Waals surface area contributed by atoms with Gasteiger partial charge in [-0.3, -0.25) is 9.52 Å². The summed E-state index contributed by atoms with van der Waals surface area (Å²) in [6.45, 7) is 5.42. The van der Waals surface area contributed by atoms with Gasteiger partial charge in [0.25, 0.3) is 15.9 Å². The molecular formula is C25H27N3O4S. The van der Waals surface area contributed by atoms with Gasteiger partial charge >= 0.3 is 0 Å². The standard InChI is InChI=1S/C25H27N3O4S/c1-19-17-21(9-12-24(19)27-33(30,31)23-5-3-2-4-6-23)25(29)26-18-20-7-10-22(11-8-20)28-13-15-32-16-14-28/h2-12,17,27H,13-16,18H2,1H3,(H,26,29). The van der Waals surface area contributed by atoms with Crippen LogP contribution in [0.25, 0.3) is 0 Å². The van der Waals surface area contributed by atoms with Gasteiger partial charge in [0.15, 0.2) is 0 Å². The molecule has 33 heavy (non-hydrogen) atoms. The van der Waals surface area contributed by atoms with Crippen LogP contribution in [0, 0.1) is 6.92 Å². The summed E-state index contributed by atoms with van der Waals surface area (Å²) in [6, 6.07) is 21.2. The number of amides is 1. The maximum absolute atomic E-state index is 12.6. The van der Waals surface area contributed by atoms with Crippen LogP contribution in [-0.2, 0) is 21.3 Å². The van der Waals surface area contributed by atoms with Crippen molar-refractivity contribution in [2.24, 2.45) is 0 Å². The number of rotatable bonds is 7. The Kier molecular flexibility index (Phi) is 6.96. The van der Waals surface area contributed by atoms with E-state index in [0.29, 0.717) is 23.4 Å². The van der Waals surface area contributed by atoms with E-state index in [0.717, 1.165) is 37.6 Å². The molecule has 0 aliphatic carbocycles. The van der Waals surface area contributed by atoms with Gasteiger partial charge in [0, 0.05) is 30.9 Å². The summed E-state index contributed by atoms with van der Waals surface area (Å²) < 4.78 is 33.1. The number of carbonyl (C=O) groups is 1. The number of sulfonamides is 1. The number of ether oxygens (including phenoxy) is 1.